The smallest absolute Gasteiger partial charge is 0.271 e. The van der Waals surface area contributed by atoms with Gasteiger partial charge in [0.05, 0.1) is 41.8 Å². The van der Waals surface area contributed by atoms with Crippen LogP contribution >= 0.6 is 0 Å². The van der Waals surface area contributed by atoms with E-state index in [2.05, 4.69) is 0 Å². The number of non-ortho nitro benzene ring substituents is 1. The van der Waals surface area contributed by atoms with Crippen LogP contribution in [0.3, 0.4) is 0 Å². The van der Waals surface area contributed by atoms with E-state index in [-0.39, 0.29) is 30.2 Å². The van der Waals surface area contributed by atoms with Crippen LogP contribution in [-0.4, -0.2) is 58.5 Å². The fourth-order valence-electron chi connectivity index (χ4n) is 6.40. The number of phenols is 1. The summed E-state index contributed by atoms with van der Waals surface area (Å²) in [5, 5.41) is 43.4. The van der Waals surface area contributed by atoms with E-state index in [1.807, 2.05) is 39.0 Å². The number of anilines is 1. The highest BCUT2D eigenvalue weighted by molar-refractivity contribution is 6.22. The minimum absolute atomic E-state index is 0.109. The highest BCUT2D eigenvalue weighted by atomic mass is 16.6. The number of aliphatic hydroxyl groups excluding tert-OH is 2. The monoisotopic (exact) mass is 578 g/mol. The number of aryl methyl sites for hydroxylation is 2. The van der Waals surface area contributed by atoms with Crippen molar-refractivity contribution < 1.29 is 34.6 Å². The van der Waals surface area contributed by atoms with Gasteiger partial charge in [0.1, 0.15) is 5.75 Å². The van der Waals surface area contributed by atoms with Gasteiger partial charge in [-0.15, -0.1) is 0 Å². The molecule has 3 N–H and O–H groups in total. The number of nitro groups is 1. The predicted octanol–water partition coefficient (Wildman–Crippen LogP) is 4.61. The number of phenolic OH excluding ortho intramolecular Hbond substituents is 1. The molecule has 0 spiro atoms. The highest BCUT2D eigenvalue weighted by Crippen LogP contribution is 2.47. The molecule has 1 saturated heterocycles. The second-order valence-electron chi connectivity index (χ2n) is 11.1. The molecule has 1 aliphatic carbocycles. The first-order chi connectivity index (χ1) is 20.0. The van der Waals surface area contributed by atoms with Crippen LogP contribution in [0.4, 0.5) is 11.4 Å². The van der Waals surface area contributed by atoms with Crippen molar-refractivity contribution in [3.63, 3.8) is 0 Å². The molecule has 10 heteroatoms. The van der Waals surface area contributed by atoms with Gasteiger partial charge in [0.25, 0.3) is 5.69 Å². The second kappa shape index (κ2) is 13.0. The van der Waals surface area contributed by atoms with Gasteiger partial charge in [-0.2, -0.15) is 0 Å². The Labute approximate surface area is 245 Å². The summed E-state index contributed by atoms with van der Waals surface area (Å²) in [5.41, 5.74) is 4.68. The maximum atomic E-state index is 13.7. The average Bonchev–Trinajstić information content (AvgIpc) is 3.21. The first-order valence-corrected chi connectivity index (χ1v) is 14.1. The Morgan fingerprint density at radius 3 is 2.48 bits per heavy atom. The van der Waals surface area contributed by atoms with Crippen molar-refractivity contribution in [3.8, 4) is 5.75 Å². The van der Waals surface area contributed by atoms with Gasteiger partial charge in [0.15, 0.2) is 0 Å². The van der Waals surface area contributed by atoms with Crippen molar-refractivity contribution in [2.24, 2.45) is 17.8 Å². The molecular weight excluding hydrogens is 540 g/mol. The first-order valence-electron chi connectivity index (χ1n) is 14.1. The topological polar surface area (TPSA) is 150 Å². The zero-order valence-electron chi connectivity index (χ0n) is 24.4. The number of imide groups is 1. The number of carbonyl (C=O) groups is 2. The van der Waals surface area contributed by atoms with E-state index in [0.29, 0.717) is 24.0 Å². The molecule has 0 saturated carbocycles. The molecule has 1 fully saturated rings. The summed E-state index contributed by atoms with van der Waals surface area (Å²) in [6, 6.07) is 9.19. The quantitative estimate of drug-likeness (QED) is 0.151. The van der Waals surface area contributed by atoms with Crippen molar-refractivity contribution in [1.29, 1.82) is 0 Å². The minimum Gasteiger partial charge on any atom is -0.507 e. The van der Waals surface area contributed by atoms with Crippen LogP contribution in [-0.2, 0) is 14.3 Å². The summed E-state index contributed by atoms with van der Waals surface area (Å²) < 4.78 is 5.41. The molecule has 2 aromatic rings. The Hall–Kier alpha value is -3.86. The minimum atomic E-state index is -0.985. The molecule has 0 bridgehead atoms. The molecule has 10 nitrogen and oxygen atoms in total. The lowest BCUT2D eigenvalue weighted by atomic mass is 9.68. The van der Waals surface area contributed by atoms with Crippen LogP contribution in [0.1, 0.15) is 49.3 Å². The summed E-state index contributed by atoms with van der Waals surface area (Å²) in [7, 11) is 1.51. The van der Waals surface area contributed by atoms with Gasteiger partial charge >= 0.3 is 0 Å². The number of aromatic hydroxyl groups is 1. The number of nitrogens with zero attached hydrogens (tertiary/aromatic N) is 2. The van der Waals surface area contributed by atoms with E-state index in [1.54, 1.807) is 0 Å². The number of aliphatic hydroxyl groups is 2. The third-order valence-corrected chi connectivity index (χ3v) is 8.43. The van der Waals surface area contributed by atoms with Crippen LogP contribution in [0.2, 0.25) is 0 Å². The zero-order chi connectivity index (χ0) is 30.7. The highest BCUT2D eigenvalue weighted by Gasteiger charge is 2.55. The summed E-state index contributed by atoms with van der Waals surface area (Å²) in [4.78, 5) is 38.9. The number of methoxy groups -OCH3 is 1. The lowest BCUT2D eigenvalue weighted by Crippen LogP contribution is -2.39. The third kappa shape index (κ3) is 6.01. The van der Waals surface area contributed by atoms with E-state index in [4.69, 9.17) is 4.74 Å². The SMILES string of the molecule is CC/C(=C\c1cc(C)c(O)c(C)c1)CC[C@@H](O)C1=C(COC)C[C@H]2C(=O)N(c3cccc([N+](=O)[O-])c3)C(=O)[C@H]2[C@H]1CO. The maximum Gasteiger partial charge on any atom is 0.271 e. The number of amides is 2. The summed E-state index contributed by atoms with van der Waals surface area (Å²) >= 11 is 0. The van der Waals surface area contributed by atoms with Crippen LogP contribution in [0.5, 0.6) is 5.75 Å². The summed E-state index contributed by atoms with van der Waals surface area (Å²) in [5.74, 6) is -3.24. The number of rotatable bonds is 11. The second-order valence-corrected chi connectivity index (χ2v) is 11.1. The molecule has 42 heavy (non-hydrogen) atoms. The van der Waals surface area contributed by atoms with Gasteiger partial charge in [-0.1, -0.05) is 24.6 Å². The fraction of sp³-hybridized carbons (Fsp3) is 0.438. The van der Waals surface area contributed by atoms with E-state index in [9.17, 15) is 35.0 Å². The van der Waals surface area contributed by atoms with Gasteiger partial charge < -0.3 is 20.1 Å². The molecule has 4 rings (SSSR count). The molecule has 4 atom stereocenters. The molecular formula is C32H38N2O8. The number of allylic oxidation sites excluding steroid dienone is 1. The van der Waals surface area contributed by atoms with Gasteiger partial charge in [-0.25, -0.2) is 4.90 Å². The van der Waals surface area contributed by atoms with Crippen LogP contribution < -0.4 is 4.90 Å². The molecule has 224 valence electrons. The number of nitro benzene ring substituents is 1. The van der Waals surface area contributed by atoms with E-state index >= 15 is 0 Å². The number of hydrogen-bond donors (Lipinski definition) is 3. The molecule has 0 radical (unpaired) electrons. The first kappa shape index (κ1) is 31.1. The van der Waals surface area contributed by atoms with E-state index < -0.39 is 47.2 Å². The van der Waals surface area contributed by atoms with Gasteiger partial charge in [0, 0.05) is 25.2 Å². The van der Waals surface area contributed by atoms with Crippen molar-refractivity contribution in [2.75, 3.05) is 25.2 Å². The van der Waals surface area contributed by atoms with Crippen molar-refractivity contribution in [3.05, 3.63) is 79.9 Å². The standard InChI is InChI=1S/C32H38N2O8/c1-5-20(13-21-11-18(2)30(37)19(3)12-21)9-10-27(36)28-22(17-42-4)14-25-29(26(28)16-35)32(39)33(31(25)38)23-7-6-8-24(15-23)34(40)41/h6-8,11-13,15,25-27,29,35-37H,5,9-10,14,16-17H2,1-4H3/b20-13+/t25-,26+,27-,29-/m1/s1. The van der Waals surface area contributed by atoms with E-state index in [0.717, 1.165) is 33.6 Å². The Morgan fingerprint density at radius 2 is 1.88 bits per heavy atom. The van der Waals surface area contributed by atoms with Gasteiger partial charge in [-0.05, 0) is 85.6 Å². The zero-order valence-corrected chi connectivity index (χ0v) is 24.4. The average molecular weight is 579 g/mol. The fourth-order valence-corrected chi connectivity index (χ4v) is 6.40. The summed E-state index contributed by atoms with van der Waals surface area (Å²) in [6.45, 7) is 5.40. The Balaban J connectivity index is 1.61. The lowest BCUT2D eigenvalue weighted by molar-refractivity contribution is -0.384. The molecule has 0 unspecified atom stereocenters. The number of fused-ring (bicyclic) bond motifs is 1. The van der Waals surface area contributed by atoms with Gasteiger partial charge in [-0.3, -0.25) is 19.7 Å². The molecule has 1 aliphatic heterocycles. The normalized spacial score (nSPS) is 21.6. The van der Waals surface area contributed by atoms with E-state index in [1.165, 1.54) is 31.4 Å². The summed E-state index contributed by atoms with van der Waals surface area (Å²) in [6.07, 6.45) is 2.88. The van der Waals surface area contributed by atoms with Crippen LogP contribution in [0, 0.1) is 41.7 Å². The van der Waals surface area contributed by atoms with Gasteiger partial charge in [0.2, 0.25) is 11.8 Å². The number of ether oxygens (including phenoxy) is 1. The number of benzene rings is 2. The Morgan fingerprint density at radius 1 is 1.19 bits per heavy atom. The Bertz CT molecular complexity index is 1420. The number of hydrogen-bond acceptors (Lipinski definition) is 8. The molecule has 2 aliphatic rings. The molecule has 2 aromatic carbocycles. The van der Waals surface area contributed by atoms with Crippen molar-refractivity contribution >= 4 is 29.3 Å². The van der Waals surface area contributed by atoms with Crippen molar-refractivity contribution in [2.45, 2.75) is 52.6 Å². The third-order valence-electron chi connectivity index (χ3n) is 8.43. The lowest BCUT2D eigenvalue weighted by Gasteiger charge is -2.36. The van der Waals surface area contributed by atoms with Crippen LogP contribution in [0.25, 0.3) is 6.08 Å². The Kier molecular flexibility index (Phi) is 9.60. The number of carbonyl (C=O) groups excluding carboxylic acids is 2. The predicted molar refractivity (Wildman–Crippen MR) is 158 cm³/mol. The van der Waals surface area contributed by atoms with Crippen LogP contribution in [0.15, 0.2) is 53.1 Å². The van der Waals surface area contributed by atoms with Crippen molar-refractivity contribution in [1.82, 2.24) is 0 Å². The molecule has 1 heterocycles. The molecule has 2 amide bonds. The largest absolute Gasteiger partial charge is 0.507 e. The maximum absolute atomic E-state index is 13.7. The molecule has 0 aromatic heterocycles.